The Morgan fingerprint density at radius 1 is 1.50 bits per heavy atom. The predicted molar refractivity (Wildman–Crippen MR) is 53.0 cm³/mol. The second-order valence-electron chi connectivity index (χ2n) is 3.93. The van der Waals surface area contributed by atoms with Crippen LogP contribution < -0.4 is 5.32 Å². The highest BCUT2D eigenvalue weighted by Crippen LogP contribution is 2.27. The van der Waals surface area contributed by atoms with E-state index in [1.165, 1.54) is 7.11 Å². The van der Waals surface area contributed by atoms with E-state index in [0.29, 0.717) is 0 Å². The first-order chi connectivity index (χ1) is 6.65. The van der Waals surface area contributed by atoms with Crippen molar-refractivity contribution in [3.05, 3.63) is 0 Å². The Morgan fingerprint density at radius 2 is 2.14 bits per heavy atom. The first-order valence-corrected chi connectivity index (χ1v) is 5.17. The van der Waals surface area contributed by atoms with Crippen LogP contribution in [0.15, 0.2) is 0 Å². The summed E-state index contributed by atoms with van der Waals surface area (Å²) in [4.78, 5) is 11.0. The molecular formula is C10H19NO3. The quantitative estimate of drug-likeness (QED) is 0.707. The van der Waals surface area contributed by atoms with Gasteiger partial charge < -0.3 is 15.2 Å². The predicted octanol–water partition coefficient (Wildman–Crippen LogP) is 1.28. The average molecular weight is 201 g/mol. The molecule has 1 aliphatic carbocycles. The highest BCUT2D eigenvalue weighted by molar-refractivity contribution is 5.67. The molecule has 1 unspecified atom stereocenters. The molecule has 4 heteroatoms. The Kier molecular flexibility index (Phi) is 4.20. The summed E-state index contributed by atoms with van der Waals surface area (Å²) in [6, 6.07) is 0.0659. The van der Waals surface area contributed by atoms with Crippen molar-refractivity contribution < 1.29 is 14.6 Å². The van der Waals surface area contributed by atoms with E-state index in [1.54, 1.807) is 6.92 Å². The fourth-order valence-corrected chi connectivity index (χ4v) is 2.13. The lowest BCUT2D eigenvalue weighted by Crippen LogP contribution is -2.45. The van der Waals surface area contributed by atoms with Crippen molar-refractivity contribution in [1.29, 1.82) is 0 Å². The minimum absolute atomic E-state index is 0.0659. The van der Waals surface area contributed by atoms with Crippen LogP contribution in [-0.4, -0.2) is 30.5 Å². The van der Waals surface area contributed by atoms with E-state index in [0.717, 1.165) is 25.7 Å². The van der Waals surface area contributed by atoms with E-state index in [4.69, 9.17) is 0 Å². The van der Waals surface area contributed by atoms with Gasteiger partial charge in [-0.25, -0.2) is 4.79 Å². The lowest BCUT2D eigenvalue weighted by molar-refractivity contribution is 0.0737. The molecule has 1 aliphatic rings. The molecule has 0 aliphatic heterocycles. The zero-order valence-electron chi connectivity index (χ0n) is 8.82. The highest BCUT2D eigenvalue weighted by atomic mass is 16.5. The van der Waals surface area contributed by atoms with E-state index in [1.807, 2.05) is 0 Å². The maximum atomic E-state index is 11.0. The lowest BCUT2D eigenvalue weighted by atomic mass is 9.81. The molecule has 0 saturated heterocycles. The zero-order valence-corrected chi connectivity index (χ0v) is 8.82. The Bertz CT molecular complexity index is 194. The monoisotopic (exact) mass is 201 g/mol. The van der Waals surface area contributed by atoms with Gasteiger partial charge in [0.05, 0.1) is 13.2 Å². The summed E-state index contributed by atoms with van der Waals surface area (Å²) in [6.45, 7) is 1.78. The van der Waals surface area contributed by atoms with Gasteiger partial charge in [-0.2, -0.15) is 0 Å². The van der Waals surface area contributed by atoms with E-state index < -0.39 is 6.09 Å². The standard InChI is InChI=1S/C10H19NO3/c1-7(12)8-5-3-4-6-9(8)11-10(13)14-2/h7-9,12H,3-6H2,1-2H3,(H,11,13)/t7?,8-,9+/m0/s1. The summed E-state index contributed by atoms with van der Waals surface area (Å²) in [5.74, 6) is 0.169. The summed E-state index contributed by atoms with van der Waals surface area (Å²) in [7, 11) is 1.36. The maximum Gasteiger partial charge on any atom is 0.407 e. The molecule has 0 radical (unpaired) electrons. The SMILES string of the molecule is COC(=O)N[C@@H]1CCCC[C@H]1C(C)O. The van der Waals surface area contributed by atoms with Crippen LogP contribution in [0.4, 0.5) is 4.79 Å². The Balaban J connectivity index is 2.49. The minimum Gasteiger partial charge on any atom is -0.453 e. The molecule has 0 heterocycles. The van der Waals surface area contributed by atoms with Crippen molar-refractivity contribution in [1.82, 2.24) is 5.32 Å². The molecule has 0 aromatic heterocycles. The molecule has 0 bridgehead atoms. The van der Waals surface area contributed by atoms with Crippen LogP contribution in [0.5, 0.6) is 0 Å². The molecule has 0 aromatic rings. The van der Waals surface area contributed by atoms with Crippen LogP contribution in [0.2, 0.25) is 0 Å². The number of rotatable bonds is 2. The normalized spacial score (nSPS) is 29.4. The summed E-state index contributed by atoms with van der Waals surface area (Å²) < 4.78 is 4.55. The summed E-state index contributed by atoms with van der Waals surface area (Å²) in [5, 5.41) is 12.3. The van der Waals surface area contributed by atoms with E-state index in [2.05, 4.69) is 10.1 Å². The Morgan fingerprint density at radius 3 is 2.71 bits per heavy atom. The number of alkyl carbamates (subject to hydrolysis) is 1. The summed E-state index contributed by atoms with van der Waals surface area (Å²) >= 11 is 0. The van der Waals surface area contributed by atoms with Crippen molar-refractivity contribution in [3.63, 3.8) is 0 Å². The molecule has 82 valence electrons. The van der Waals surface area contributed by atoms with Gasteiger partial charge in [0.1, 0.15) is 0 Å². The summed E-state index contributed by atoms with van der Waals surface area (Å²) in [5.41, 5.74) is 0. The highest BCUT2D eigenvalue weighted by Gasteiger charge is 2.29. The van der Waals surface area contributed by atoms with Crippen LogP contribution in [-0.2, 0) is 4.74 Å². The zero-order chi connectivity index (χ0) is 10.6. The fourth-order valence-electron chi connectivity index (χ4n) is 2.13. The Labute approximate surface area is 84.6 Å². The number of carbonyl (C=O) groups is 1. The number of nitrogens with one attached hydrogen (secondary N) is 1. The average Bonchev–Trinajstić information content (AvgIpc) is 2.18. The third-order valence-electron chi connectivity index (χ3n) is 2.93. The van der Waals surface area contributed by atoms with E-state index >= 15 is 0 Å². The number of methoxy groups -OCH3 is 1. The topological polar surface area (TPSA) is 58.6 Å². The number of amides is 1. The molecular weight excluding hydrogens is 182 g/mol. The smallest absolute Gasteiger partial charge is 0.407 e. The number of ether oxygens (including phenoxy) is 1. The number of hydrogen-bond donors (Lipinski definition) is 2. The van der Waals surface area contributed by atoms with Crippen molar-refractivity contribution in [2.24, 2.45) is 5.92 Å². The molecule has 0 spiro atoms. The first kappa shape index (κ1) is 11.3. The second-order valence-corrected chi connectivity index (χ2v) is 3.93. The molecule has 4 nitrogen and oxygen atoms in total. The van der Waals surface area contributed by atoms with Crippen LogP contribution in [0.3, 0.4) is 0 Å². The molecule has 1 rings (SSSR count). The van der Waals surface area contributed by atoms with Gasteiger partial charge >= 0.3 is 6.09 Å². The van der Waals surface area contributed by atoms with Crippen LogP contribution >= 0.6 is 0 Å². The van der Waals surface area contributed by atoms with Gasteiger partial charge in [0.25, 0.3) is 0 Å². The third-order valence-corrected chi connectivity index (χ3v) is 2.93. The van der Waals surface area contributed by atoms with E-state index in [-0.39, 0.29) is 18.1 Å². The van der Waals surface area contributed by atoms with Crippen molar-refractivity contribution in [3.8, 4) is 0 Å². The van der Waals surface area contributed by atoms with Gasteiger partial charge in [-0.1, -0.05) is 12.8 Å². The van der Waals surface area contributed by atoms with Gasteiger partial charge in [0, 0.05) is 12.0 Å². The molecule has 1 amide bonds. The van der Waals surface area contributed by atoms with Gasteiger partial charge in [0.2, 0.25) is 0 Å². The number of aliphatic hydroxyl groups is 1. The lowest BCUT2D eigenvalue weighted by Gasteiger charge is -2.33. The first-order valence-electron chi connectivity index (χ1n) is 5.17. The number of hydrogen-bond acceptors (Lipinski definition) is 3. The molecule has 3 atom stereocenters. The van der Waals surface area contributed by atoms with Gasteiger partial charge in [0.15, 0.2) is 0 Å². The summed E-state index contributed by atoms with van der Waals surface area (Å²) in [6.07, 6.45) is 3.39. The van der Waals surface area contributed by atoms with Crippen LogP contribution in [0.25, 0.3) is 0 Å². The second kappa shape index (κ2) is 5.20. The Hall–Kier alpha value is -0.770. The van der Waals surface area contributed by atoms with Crippen LogP contribution in [0, 0.1) is 5.92 Å². The molecule has 0 aromatic carbocycles. The van der Waals surface area contributed by atoms with E-state index in [9.17, 15) is 9.90 Å². The van der Waals surface area contributed by atoms with Gasteiger partial charge in [-0.3, -0.25) is 0 Å². The molecule has 2 N–H and O–H groups in total. The maximum absolute atomic E-state index is 11.0. The fraction of sp³-hybridized carbons (Fsp3) is 0.900. The number of carbonyl (C=O) groups excluding carboxylic acids is 1. The molecule has 1 saturated carbocycles. The molecule has 14 heavy (non-hydrogen) atoms. The van der Waals surface area contributed by atoms with Crippen molar-refractivity contribution >= 4 is 6.09 Å². The van der Waals surface area contributed by atoms with Crippen LogP contribution in [0.1, 0.15) is 32.6 Å². The van der Waals surface area contributed by atoms with Gasteiger partial charge in [-0.15, -0.1) is 0 Å². The number of aliphatic hydroxyl groups excluding tert-OH is 1. The molecule has 1 fully saturated rings. The largest absolute Gasteiger partial charge is 0.453 e. The minimum atomic E-state index is -0.400. The third kappa shape index (κ3) is 2.87. The van der Waals surface area contributed by atoms with Crippen molar-refractivity contribution in [2.45, 2.75) is 44.8 Å². The van der Waals surface area contributed by atoms with Gasteiger partial charge in [-0.05, 0) is 19.8 Å². The van der Waals surface area contributed by atoms with Crippen molar-refractivity contribution in [2.75, 3.05) is 7.11 Å².